The lowest BCUT2D eigenvalue weighted by atomic mass is 10.00. The fourth-order valence-corrected chi connectivity index (χ4v) is 8.45. The van der Waals surface area contributed by atoms with Gasteiger partial charge in [0.2, 0.25) is 0 Å². The average Bonchev–Trinajstić information content (AvgIpc) is 3.74. The SMILES string of the molecule is c1ccc(-c2cc(-c3ccccc3)nc(-c3ccc(-n4c5ccc(-c6ccccc6)nc5c5c6sc7ccccc7c6ccc54)cc3)c2)cc1. The van der Waals surface area contributed by atoms with Crippen LogP contribution in [0.4, 0.5) is 0 Å². The maximum absolute atomic E-state index is 5.36. The molecule has 0 unspecified atom stereocenters. The summed E-state index contributed by atoms with van der Waals surface area (Å²) in [5, 5.41) is 3.77. The Labute approximate surface area is 293 Å². The van der Waals surface area contributed by atoms with Gasteiger partial charge in [0.15, 0.2) is 0 Å². The molecule has 0 aliphatic rings. The monoisotopic (exact) mass is 655 g/mol. The van der Waals surface area contributed by atoms with Gasteiger partial charge in [-0.1, -0.05) is 127 Å². The van der Waals surface area contributed by atoms with Gasteiger partial charge in [0, 0.05) is 47.9 Å². The van der Waals surface area contributed by atoms with Gasteiger partial charge in [0.1, 0.15) is 0 Å². The topological polar surface area (TPSA) is 30.7 Å². The van der Waals surface area contributed by atoms with Gasteiger partial charge in [-0.25, -0.2) is 9.97 Å². The highest BCUT2D eigenvalue weighted by Crippen LogP contribution is 2.43. The van der Waals surface area contributed by atoms with Crippen molar-refractivity contribution in [3.05, 3.63) is 176 Å². The molecule has 0 radical (unpaired) electrons. The Hall–Kier alpha value is -6.36. The van der Waals surface area contributed by atoms with E-state index in [1.165, 1.54) is 31.1 Å². The maximum Gasteiger partial charge on any atom is 0.0985 e. The smallest absolute Gasteiger partial charge is 0.0985 e. The first kappa shape index (κ1) is 28.6. The summed E-state index contributed by atoms with van der Waals surface area (Å²) in [6, 6.07) is 62.3. The standard InChI is InChI=1S/C46H29N3S/c1-4-12-30(13-5-1)34-28-39(32-16-8-3-9-17-32)47-40(29-34)33-20-22-35(23-21-33)49-41-26-24-37-36-18-10-11-19-43(36)50-46(37)44(41)45-42(49)27-25-38(48-45)31-14-6-2-7-15-31/h1-29H. The van der Waals surface area contributed by atoms with E-state index >= 15 is 0 Å². The third-order valence-corrected chi connectivity index (χ3v) is 10.8. The van der Waals surface area contributed by atoms with E-state index in [-0.39, 0.29) is 0 Å². The first-order valence-corrected chi connectivity index (χ1v) is 17.6. The second-order valence-corrected chi connectivity index (χ2v) is 13.7. The summed E-state index contributed by atoms with van der Waals surface area (Å²) in [6.45, 7) is 0. The van der Waals surface area contributed by atoms with Crippen LogP contribution in [0.3, 0.4) is 0 Å². The highest BCUT2D eigenvalue weighted by Gasteiger charge is 2.19. The minimum Gasteiger partial charge on any atom is -0.308 e. The van der Waals surface area contributed by atoms with Gasteiger partial charge >= 0.3 is 0 Å². The molecule has 50 heavy (non-hydrogen) atoms. The zero-order chi connectivity index (χ0) is 33.0. The van der Waals surface area contributed by atoms with Crippen molar-refractivity contribution in [2.45, 2.75) is 0 Å². The number of nitrogens with zero attached hydrogens (tertiary/aromatic N) is 3. The van der Waals surface area contributed by atoms with Gasteiger partial charge in [-0.3, -0.25) is 0 Å². The first-order valence-electron chi connectivity index (χ1n) is 16.8. The third kappa shape index (κ3) is 4.73. The van der Waals surface area contributed by atoms with E-state index in [1.54, 1.807) is 0 Å². The Morgan fingerprint density at radius 2 is 0.980 bits per heavy atom. The lowest BCUT2D eigenvalue weighted by Crippen LogP contribution is -1.95. The lowest BCUT2D eigenvalue weighted by molar-refractivity contribution is 1.17. The van der Waals surface area contributed by atoms with Gasteiger partial charge in [-0.2, -0.15) is 0 Å². The number of thiophene rings is 1. The third-order valence-electron chi connectivity index (χ3n) is 9.61. The second-order valence-electron chi connectivity index (χ2n) is 12.6. The van der Waals surface area contributed by atoms with Crippen LogP contribution in [-0.2, 0) is 0 Å². The van der Waals surface area contributed by atoms with Crippen LogP contribution in [0.15, 0.2) is 176 Å². The molecule has 0 aliphatic carbocycles. The van der Waals surface area contributed by atoms with Crippen LogP contribution in [0, 0.1) is 0 Å². The largest absolute Gasteiger partial charge is 0.308 e. The van der Waals surface area contributed by atoms with Crippen LogP contribution in [0.2, 0.25) is 0 Å². The molecule has 0 amide bonds. The minimum atomic E-state index is 0.945. The van der Waals surface area contributed by atoms with Crippen LogP contribution in [0.25, 0.3) is 92.7 Å². The summed E-state index contributed by atoms with van der Waals surface area (Å²) in [5.41, 5.74) is 12.8. The highest BCUT2D eigenvalue weighted by atomic mass is 32.1. The van der Waals surface area contributed by atoms with E-state index in [0.29, 0.717) is 0 Å². The summed E-state index contributed by atoms with van der Waals surface area (Å²) < 4.78 is 4.93. The summed E-state index contributed by atoms with van der Waals surface area (Å²) in [7, 11) is 0. The number of hydrogen-bond acceptors (Lipinski definition) is 3. The Kier molecular flexibility index (Phi) is 6.68. The Morgan fingerprint density at radius 1 is 0.400 bits per heavy atom. The normalized spacial score (nSPS) is 11.6. The molecule has 3 nitrogen and oxygen atoms in total. The van der Waals surface area contributed by atoms with E-state index in [0.717, 1.165) is 61.6 Å². The molecule has 0 bridgehead atoms. The van der Waals surface area contributed by atoms with Crippen molar-refractivity contribution in [1.29, 1.82) is 0 Å². The zero-order valence-electron chi connectivity index (χ0n) is 27.0. The first-order chi connectivity index (χ1) is 24.8. The van der Waals surface area contributed by atoms with Crippen LogP contribution in [-0.4, -0.2) is 14.5 Å². The van der Waals surface area contributed by atoms with Crippen LogP contribution in [0.1, 0.15) is 0 Å². The molecular formula is C46H29N3S. The van der Waals surface area contributed by atoms with Crippen molar-refractivity contribution in [3.8, 4) is 50.6 Å². The number of pyridine rings is 2. The zero-order valence-corrected chi connectivity index (χ0v) is 27.8. The molecule has 0 saturated carbocycles. The lowest BCUT2D eigenvalue weighted by Gasteiger charge is -2.12. The summed E-state index contributed by atoms with van der Waals surface area (Å²) in [5.74, 6) is 0. The molecule has 0 saturated heterocycles. The van der Waals surface area contributed by atoms with Gasteiger partial charge in [0.25, 0.3) is 0 Å². The molecule has 0 aliphatic heterocycles. The fraction of sp³-hybridized carbons (Fsp3) is 0. The van der Waals surface area contributed by atoms with E-state index in [4.69, 9.17) is 9.97 Å². The molecule has 0 atom stereocenters. The molecule has 0 fully saturated rings. The summed E-state index contributed by atoms with van der Waals surface area (Å²) >= 11 is 1.85. The molecule has 234 valence electrons. The van der Waals surface area contributed by atoms with Crippen molar-refractivity contribution in [1.82, 2.24) is 14.5 Å². The molecule has 6 aromatic carbocycles. The van der Waals surface area contributed by atoms with Crippen molar-refractivity contribution in [2.75, 3.05) is 0 Å². The van der Waals surface area contributed by atoms with E-state index in [9.17, 15) is 0 Å². The van der Waals surface area contributed by atoms with Gasteiger partial charge < -0.3 is 4.57 Å². The molecule has 4 heteroatoms. The molecule has 10 rings (SSSR count). The Morgan fingerprint density at radius 3 is 1.68 bits per heavy atom. The van der Waals surface area contributed by atoms with Crippen molar-refractivity contribution in [3.63, 3.8) is 0 Å². The van der Waals surface area contributed by atoms with Gasteiger partial charge in [0.05, 0.1) is 33.6 Å². The Balaban J connectivity index is 1.16. The van der Waals surface area contributed by atoms with Crippen molar-refractivity contribution in [2.24, 2.45) is 0 Å². The summed E-state index contributed by atoms with van der Waals surface area (Å²) in [4.78, 5) is 10.5. The maximum atomic E-state index is 5.36. The predicted octanol–water partition coefficient (Wildman–Crippen LogP) is 12.6. The fourth-order valence-electron chi connectivity index (χ4n) is 7.20. The van der Waals surface area contributed by atoms with E-state index in [1.807, 2.05) is 23.5 Å². The quantitative estimate of drug-likeness (QED) is 0.185. The number of fused-ring (bicyclic) bond motifs is 7. The molecular weight excluding hydrogens is 627 g/mol. The predicted molar refractivity (Wildman–Crippen MR) is 211 cm³/mol. The average molecular weight is 656 g/mol. The van der Waals surface area contributed by atoms with Crippen LogP contribution >= 0.6 is 11.3 Å². The number of aromatic nitrogens is 3. The molecule has 0 spiro atoms. The molecule has 4 heterocycles. The van der Waals surface area contributed by atoms with Crippen LogP contribution in [0.5, 0.6) is 0 Å². The number of rotatable bonds is 5. The minimum absolute atomic E-state index is 0.945. The second kappa shape index (κ2) is 11.7. The molecule has 10 aromatic rings. The van der Waals surface area contributed by atoms with Crippen LogP contribution < -0.4 is 0 Å². The van der Waals surface area contributed by atoms with Gasteiger partial charge in [-0.15, -0.1) is 11.3 Å². The molecule has 4 aromatic heterocycles. The van der Waals surface area contributed by atoms with E-state index < -0.39 is 0 Å². The van der Waals surface area contributed by atoms with Crippen molar-refractivity contribution >= 4 is 53.4 Å². The van der Waals surface area contributed by atoms with E-state index in [2.05, 4.69) is 168 Å². The van der Waals surface area contributed by atoms with Gasteiger partial charge in [-0.05, 0) is 59.7 Å². The Bertz CT molecular complexity index is 2780. The number of hydrogen-bond donors (Lipinski definition) is 0. The van der Waals surface area contributed by atoms with Crippen molar-refractivity contribution < 1.29 is 0 Å². The number of benzene rings is 6. The highest BCUT2D eigenvalue weighted by molar-refractivity contribution is 7.26. The summed E-state index contributed by atoms with van der Waals surface area (Å²) in [6.07, 6.45) is 0. The molecule has 0 N–H and O–H groups in total.